The number of amides is 1. The molecule has 1 amide bonds. The van der Waals surface area contributed by atoms with E-state index in [1.165, 1.54) is 0 Å². The molecule has 1 saturated heterocycles. The van der Waals surface area contributed by atoms with Crippen molar-refractivity contribution in [3.8, 4) is 0 Å². The summed E-state index contributed by atoms with van der Waals surface area (Å²) in [4.78, 5) is 26.6. The summed E-state index contributed by atoms with van der Waals surface area (Å²) in [5.41, 5.74) is 0.972. The first-order valence-corrected chi connectivity index (χ1v) is 9.51. The lowest BCUT2D eigenvalue weighted by Crippen LogP contribution is -2.43. The van der Waals surface area contributed by atoms with E-state index in [2.05, 4.69) is 10.2 Å². The zero-order chi connectivity index (χ0) is 18.2. The van der Waals surface area contributed by atoms with Gasteiger partial charge >= 0.3 is 6.09 Å². The van der Waals surface area contributed by atoms with Crippen molar-refractivity contribution in [2.75, 3.05) is 32.8 Å². The van der Waals surface area contributed by atoms with Crippen LogP contribution >= 0.6 is 0 Å². The number of carbonyl (C=O) groups is 2. The van der Waals surface area contributed by atoms with Gasteiger partial charge in [0.05, 0.1) is 19.8 Å². The van der Waals surface area contributed by atoms with Gasteiger partial charge in [0.1, 0.15) is 12.4 Å². The lowest BCUT2D eigenvalue weighted by atomic mass is 9.83. The molecule has 2 fully saturated rings. The molecule has 0 radical (unpaired) electrons. The second-order valence-electron chi connectivity index (χ2n) is 7.11. The normalized spacial score (nSPS) is 24.0. The average Bonchev–Trinajstić information content (AvgIpc) is 2.68. The summed E-state index contributed by atoms with van der Waals surface area (Å²) in [6.07, 6.45) is 2.97. The van der Waals surface area contributed by atoms with Gasteiger partial charge in [-0.25, -0.2) is 4.79 Å². The fourth-order valence-corrected chi connectivity index (χ4v) is 3.60. The summed E-state index contributed by atoms with van der Waals surface area (Å²) >= 11 is 0. The van der Waals surface area contributed by atoms with Crippen molar-refractivity contribution in [3.05, 3.63) is 35.9 Å². The van der Waals surface area contributed by atoms with E-state index in [1.807, 2.05) is 30.3 Å². The molecule has 26 heavy (non-hydrogen) atoms. The number of alkyl carbamates (subject to hydrolysis) is 1. The Balaban J connectivity index is 1.34. The van der Waals surface area contributed by atoms with Crippen molar-refractivity contribution in [1.29, 1.82) is 0 Å². The minimum absolute atomic E-state index is 0.103. The Bertz CT molecular complexity index is 579. The molecule has 1 heterocycles. The van der Waals surface area contributed by atoms with Crippen LogP contribution < -0.4 is 5.32 Å². The van der Waals surface area contributed by atoms with E-state index in [0.29, 0.717) is 12.3 Å². The van der Waals surface area contributed by atoms with Gasteiger partial charge < -0.3 is 14.8 Å². The molecule has 1 aliphatic carbocycles. The SMILES string of the molecule is O=C(NC1CCC(C(=O)CN2CCOCC2)CC1)OCc1ccccc1. The number of morpholine rings is 1. The van der Waals surface area contributed by atoms with Gasteiger partial charge in [-0.15, -0.1) is 0 Å². The van der Waals surface area contributed by atoms with Gasteiger partial charge in [-0.1, -0.05) is 30.3 Å². The molecule has 1 N–H and O–H groups in total. The van der Waals surface area contributed by atoms with Crippen molar-refractivity contribution in [1.82, 2.24) is 10.2 Å². The molecule has 0 spiro atoms. The van der Waals surface area contributed by atoms with Gasteiger partial charge in [0.2, 0.25) is 0 Å². The highest BCUT2D eigenvalue weighted by atomic mass is 16.5. The summed E-state index contributed by atoms with van der Waals surface area (Å²) in [7, 11) is 0. The first-order chi connectivity index (χ1) is 12.7. The quantitative estimate of drug-likeness (QED) is 0.844. The number of rotatable bonds is 6. The Morgan fingerprint density at radius 2 is 1.77 bits per heavy atom. The molecule has 1 aromatic carbocycles. The van der Waals surface area contributed by atoms with Gasteiger partial charge in [0.25, 0.3) is 0 Å². The van der Waals surface area contributed by atoms with E-state index >= 15 is 0 Å². The number of hydrogen-bond donors (Lipinski definition) is 1. The van der Waals surface area contributed by atoms with E-state index in [-0.39, 0.29) is 24.7 Å². The highest BCUT2D eigenvalue weighted by molar-refractivity contribution is 5.83. The van der Waals surface area contributed by atoms with E-state index < -0.39 is 0 Å². The zero-order valence-electron chi connectivity index (χ0n) is 15.2. The largest absolute Gasteiger partial charge is 0.445 e. The van der Waals surface area contributed by atoms with E-state index in [0.717, 1.165) is 57.6 Å². The molecular formula is C20H28N2O4. The molecule has 0 aromatic heterocycles. The Kier molecular flexibility index (Phi) is 7.03. The molecule has 0 atom stereocenters. The molecule has 6 heteroatoms. The van der Waals surface area contributed by atoms with Gasteiger partial charge in [-0.3, -0.25) is 9.69 Å². The predicted octanol–water partition coefficient (Wildman–Crippen LogP) is 2.37. The Hall–Kier alpha value is -1.92. The topological polar surface area (TPSA) is 67.9 Å². The van der Waals surface area contributed by atoms with Gasteiger partial charge in [-0.05, 0) is 31.2 Å². The van der Waals surface area contributed by atoms with Crippen LogP contribution in [-0.4, -0.2) is 55.7 Å². The second kappa shape index (κ2) is 9.69. The number of carbonyl (C=O) groups excluding carboxylic acids is 2. The molecule has 1 saturated carbocycles. The van der Waals surface area contributed by atoms with Crippen LogP contribution in [0.5, 0.6) is 0 Å². The maximum Gasteiger partial charge on any atom is 0.407 e. The Morgan fingerprint density at radius 1 is 1.08 bits per heavy atom. The standard InChI is InChI=1S/C20H28N2O4/c23-19(14-22-10-12-25-13-11-22)17-6-8-18(9-7-17)21-20(24)26-15-16-4-2-1-3-5-16/h1-5,17-18H,6-15H2,(H,21,24). The van der Waals surface area contributed by atoms with Crippen molar-refractivity contribution >= 4 is 11.9 Å². The average molecular weight is 360 g/mol. The third-order valence-corrected chi connectivity index (χ3v) is 5.20. The minimum Gasteiger partial charge on any atom is -0.445 e. The maximum absolute atomic E-state index is 12.5. The monoisotopic (exact) mass is 360 g/mol. The van der Waals surface area contributed by atoms with Crippen molar-refractivity contribution < 1.29 is 19.1 Å². The van der Waals surface area contributed by atoms with Crippen molar-refractivity contribution in [2.24, 2.45) is 5.92 Å². The number of hydrogen-bond acceptors (Lipinski definition) is 5. The van der Waals surface area contributed by atoms with E-state index in [9.17, 15) is 9.59 Å². The molecule has 0 unspecified atom stereocenters. The van der Waals surface area contributed by atoms with Crippen LogP contribution in [0.15, 0.2) is 30.3 Å². The lowest BCUT2D eigenvalue weighted by molar-refractivity contribution is -0.126. The molecule has 1 aromatic rings. The summed E-state index contributed by atoms with van der Waals surface area (Å²) < 4.78 is 10.6. The van der Waals surface area contributed by atoms with E-state index in [1.54, 1.807) is 0 Å². The molecule has 6 nitrogen and oxygen atoms in total. The summed E-state index contributed by atoms with van der Waals surface area (Å²) in [6, 6.07) is 9.74. The fourth-order valence-electron chi connectivity index (χ4n) is 3.60. The molecule has 1 aliphatic heterocycles. The zero-order valence-corrected chi connectivity index (χ0v) is 15.2. The smallest absolute Gasteiger partial charge is 0.407 e. The first-order valence-electron chi connectivity index (χ1n) is 9.51. The van der Waals surface area contributed by atoms with Crippen LogP contribution in [-0.2, 0) is 20.9 Å². The number of benzene rings is 1. The van der Waals surface area contributed by atoms with Crippen LogP contribution in [0.25, 0.3) is 0 Å². The molecular weight excluding hydrogens is 332 g/mol. The number of ketones is 1. The van der Waals surface area contributed by atoms with Crippen LogP contribution in [0.3, 0.4) is 0 Å². The minimum atomic E-state index is -0.378. The Labute approximate surface area is 154 Å². The molecule has 3 rings (SSSR count). The lowest BCUT2D eigenvalue weighted by Gasteiger charge is -2.31. The number of ether oxygens (including phenoxy) is 2. The van der Waals surface area contributed by atoms with Gasteiger partial charge in [0, 0.05) is 25.0 Å². The molecule has 0 bridgehead atoms. The second-order valence-corrected chi connectivity index (χ2v) is 7.11. The number of nitrogens with one attached hydrogen (secondary N) is 1. The van der Waals surface area contributed by atoms with Crippen molar-refractivity contribution in [2.45, 2.75) is 38.3 Å². The van der Waals surface area contributed by atoms with Crippen LogP contribution in [0.4, 0.5) is 4.79 Å². The highest BCUT2D eigenvalue weighted by Crippen LogP contribution is 2.25. The first kappa shape index (κ1) is 18.9. The molecule has 142 valence electrons. The van der Waals surface area contributed by atoms with Crippen LogP contribution in [0.1, 0.15) is 31.2 Å². The highest BCUT2D eigenvalue weighted by Gasteiger charge is 2.28. The third-order valence-electron chi connectivity index (χ3n) is 5.20. The fraction of sp³-hybridized carbons (Fsp3) is 0.600. The third kappa shape index (κ3) is 5.81. The van der Waals surface area contributed by atoms with Crippen molar-refractivity contribution in [3.63, 3.8) is 0 Å². The van der Waals surface area contributed by atoms with E-state index in [4.69, 9.17) is 9.47 Å². The van der Waals surface area contributed by atoms with Crippen LogP contribution in [0.2, 0.25) is 0 Å². The summed E-state index contributed by atoms with van der Waals surface area (Å²) in [5, 5.41) is 2.93. The summed E-state index contributed by atoms with van der Waals surface area (Å²) in [6.45, 7) is 3.93. The van der Waals surface area contributed by atoms with Gasteiger partial charge in [0.15, 0.2) is 0 Å². The molecule has 2 aliphatic rings. The summed E-state index contributed by atoms with van der Waals surface area (Å²) in [5.74, 6) is 0.452. The van der Waals surface area contributed by atoms with Gasteiger partial charge in [-0.2, -0.15) is 0 Å². The number of nitrogens with zero attached hydrogens (tertiary/aromatic N) is 1. The number of Topliss-reactive ketones (excluding diaryl/α,β-unsaturated/α-hetero) is 1. The van der Waals surface area contributed by atoms with Crippen LogP contribution in [0, 0.1) is 5.92 Å². The predicted molar refractivity (Wildman–Crippen MR) is 97.8 cm³/mol. The Morgan fingerprint density at radius 3 is 2.46 bits per heavy atom. The maximum atomic E-state index is 12.5.